The molecular weight excluding hydrogens is 1130 g/mol. The molecule has 2 aromatic heterocycles. The first kappa shape index (κ1) is 64.3. The predicted octanol–water partition coefficient (Wildman–Crippen LogP) is 13.3. The molecule has 1 N–H and O–H groups in total. The van der Waals surface area contributed by atoms with Crippen molar-refractivity contribution in [3.63, 3.8) is 0 Å². The van der Waals surface area contributed by atoms with Crippen LogP contribution in [0.2, 0.25) is 0 Å². The van der Waals surface area contributed by atoms with Crippen LogP contribution in [0.1, 0.15) is 87.3 Å². The number of unbranched alkanes of at least 4 members (excludes halogenated alkanes) is 1. The van der Waals surface area contributed by atoms with Crippen molar-refractivity contribution in [3.8, 4) is 56.5 Å². The number of methoxy groups -OCH3 is 2. The molecule has 90 heavy (non-hydrogen) atoms. The second kappa shape index (κ2) is 32.2. The number of tetrazole rings is 2. The Hall–Kier alpha value is -10.1. The van der Waals surface area contributed by atoms with Crippen LogP contribution in [0, 0.1) is 11.8 Å². The Bertz CT molecular complexity index is 3860. The highest BCUT2D eigenvalue weighted by atomic mass is 16.5. The first-order valence-electron chi connectivity index (χ1n) is 30.5. The lowest BCUT2D eigenvalue weighted by Gasteiger charge is -2.33. The lowest BCUT2D eigenvalue weighted by molar-refractivity contribution is -0.159. The van der Waals surface area contributed by atoms with Gasteiger partial charge in [-0.25, -0.2) is 14.2 Å². The third kappa shape index (κ3) is 17.3. The number of nitrogens with one attached hydrogen (secondary N) is 1. The average molecular weight is 1210 g/mol. The molecule has 0 aliphatic heterocycles. The second-order valence-electron chi connectivity index (χ2n) is 22.6. The highest BCUT2D eigenvalue weighted by molar-refractivity contribution is 5.85. The summed E-state index contributed by atoms with van der Waals surface area (Å²) in [7, 11) is 3.30. The molecule has 0 bridgehead atoms. The number of hydrogen-bond donors (Lipinski definition) is 1. The number of esters is 2. The van der Waals surface area contributed by atoms with Crippen LogP contribution in [0.25, 0.3) is 45.0 Å². The van der Waals surface area contributed by atoms with Gasteiger partial charge in [-0.05, 0) is 119 Å². The molecule has 2 heterocycles. The third-order valence-corrected chi connectivity index (χ3v) is 15.4. The molecule has 0 saturated heterocycles. The molecule has 0 spiro atoms. The monoisotopic (exact) mass is 1210 g/mol. The van der Waals surface area contributed by atoms with E-state index >= 15 is 0 Å². The van der Waals surface area contributed by atoms with Gasteiger partial charge in [0.1, 0.15) is 36.8 Å². The van der Waals surface area contributed by atoms with E-state index < -0.39 is 18.1 Å². The summed E-state index contributed by atoms with van der Waals surface area (Å²) in [6.45, 7) is 12.3. The van der Waals surface area contributed by atoms with Gasteiger partial charge >= 0.3 is 11.9 Å². The number of amides is 1. The molecule has 0 aliphatic rings. The van der Waals surface area contributed by atoms with Crippen LogP contribution in [0.5, 0.6) is 11.5 Å². The van der Waals surface area contributed by atoms with E-state index in [-0.39, 0.29) is 36.9 Å². The van der Waals surface area contributed by atoms with Gasteiger partial charge in [0.2, 0.25) is 5.91 Å². The summed E-state index contributed by atoms with van der Waals surface area (Å²) in [5.74, 6) is 2.22. The molecule has 0 radical (unpaired) electrons. The highest BCUT2D eigenvalue weighted by Crippen LogP contribution is 2.34. The standard InChI is InChI=1S/C39H43N5O4.C34H35N5O3/c1-5-6-16-36(45)43(37(28(2)3)39(46)48-27-31-12-8-7-9-13-31)25-29-17-21-32(22-18-29)34-14-10-11-15-35(34)38-40-41-42-44(38)26-30-19-23-33(47-4)24-20-30;1-24(2)32(34(40)42-23-27-9-5-4-6-10-27)35-21-25-13-17-28(18-14-25)30-11-7-8-12-31(30)33-36-37-38-39(33)22-26-15-19-29(41-3)20-16-26/h7-15,17-24,28,37H,5-6,16,25-27H2,1-4H3;4-20,24,32,35H,21-23H2,1-3H3/t37-;32-/m00/s1. The molecule has 462 valence electrons. The van der Waals surface area contributed by atoms with Crippen LogP contribution in [0.3, 0.4) is 0 Å². The SMILES string of the molecule is CCCCC(=O)N(Cc1ccc(-c2ccccc2-c2nnnn2Cc2ccc(OC)cc2)cc1)[C@H](C(=O)OCc1ccccc1)C(C)C.COc1ccc(Cn2nnnc2-c2ccccc2-c2ccc(CN[C@H](C(=O)OCc3ccccc3)C(C)C)cc2)cc1. The number of carbonyl (C=O) groups excluding carboxylic acids is 3. The fraction of sp³-hybridized carbons (Fsp3) is 0.274. The Balaban J connectivity index is 0.000000215. The molecule has 17 heteroatoms. The maximum absolute atomic E-state index is 13.6. The lowest BCUT2D eigenvalue weighted by Crippen LogP contribution is -2.48. The molecule has 0 unspecified atom stereocenters. The Labute approximate surface area is 527 Å². The zero-order valence-corrected chi connectivity index (χ0v) is 52.2. The number of carbonyl (C=O) groups is 3. The van der Waals surface area contributed by atoms with Crippen molar-refractivity contribution in [1.29, 1.82) is 0 Å². The molecular formula is C73H78N10O7. The molecule has 10 aromatic rings. The van der Waals surface area contributed by atoms with Crippen LogP contribution < -0.4 is 14.8 Å². The molecule has 0 aliphatic carbocycles. The number of aromatic nitrogens is 8. The average Bonchev–Trinajstić information content (AvgIpc) is 1.53. The normalized spacial score (nSPS) is 11.7. The quantitative estimate of drug-likeness (QED) is 0.0478. The van der Waals surface area contributed by atoms with E-state index in [1.807, 2.05) is 202 Å². The fourth-order valence-corrected chi connectivity index (χ4v) is 10.5. The highest BCUT2D eigenvalue weighted by Gasteiger charge is 2.34. The molecule has 0 fully saturated rings. The van der Waals surface area contributed by atoms with Crippen LogP contribution in [-0.2, 0) is 63.3 Å². The minimum absolute atomic E-state index is 0.0506. The third-order valence-electron chi connectivity index (χ3n) is 15.4. The first-order chi connectivity index (χ1) is 43.9. The van der Waals surface area contributed by atoms with Crippen molar-refractivity contribution in [3.05, 3.63) is 240 Å². The van der Waals surface area contributed by atoms with Crippen LogP contribution in [0.15, 0.2) is 206 Å². The molecule has 8 aromatic carbocycles. The number of rotatable bonds is 27. The number of hydrogen-bond acceptors (Lipinski definition) is 14. The molecule has 1 amide bonds. The summed E-state index contributed by atoms with van der Waals surface area (Å²) in [5, 5.41) is 28.6. The van der Waals surface area contributed by atoms with Crippen molar-refractivity contribution in [1.82, 2.24) is 50.6 Å². The number of benzene rings is 8. The maximum Gasteiger partial charge on any atom is 0.329 e. The Morgan fingerprint density at radius 1 is 0.478 bits per heavy atom. The zero-order valence-electron chi connectivity index (χ0n) is 52.2. The summed E-state index contributed by atoms with van der Waals surface area (Å²) < 4.78 is 25.5. The van der Waals surface area contributed by atoms with E-state index in [0.717, 1.165) is 91.1 Å². The Morgan fingerprint density at radius 3 is 1.33 bits per heavy atom. The zero-order chi connectivity index (χ0) is 63.2. The fourth-order valence-electron chi connectivity index (χ4n) is 10.5. The van der Waals surface area contributed by atoms with Crippen molar-refractivity contribution in [2.45, 2.75) is 105 Å². The number of nitrogens with zero attached hydrogens (tertiary/aromatic N) is 9. The van der Waals surface area contributed by atoms with Gasteiger partial charge in [0.15, 0.2) is 11.6 Å². The molecule has 10 rings (SSSR count). The van der Waals surface area contributed by atoms with Crippen molar-refractivity contribution in [2.75, 3.05) is 14.2 Å². The van der Waals surface area contributed by atoms with E-state index in [0.29, 0.717) is 44.2 Å². The lowest BCUT2D eigenvalue weighted by atomic mass is 9.97. The predicted molar refractivity (Wildman–Crippen MR) is 348 cm³/mol. The van der Waals surface area contributed by atoms with Gasteiger partial charge in [-0.3, -0.25) is 9.59 Å². The van der Waals surface area contributed by atoms with Gasteiger partial charge in [0.05, 0.1) is 27.3 Å². The van der Waals surface area contributed by atoms with Crippen molar-refractivity contribution in [2.24, 2.45) is 11.8 Å². The second-order valence-corrected chi connectivity index (χ2v) is 22.6. The maximum atomic E-state index is 13.6. The van der Waals surface area contributed by atoms with Gasteiger partial charge in [-0.1, -0.05) is 223 Å². The van der Waals surface area contributed by atoms with E-state index in [2.05, 4.69) is 79.7 Å². The smallest absolute Gasteiger partial charge is 0.329 e. The van der Waals surface area contributed by atoms with Crippen LogP contribution in [0.4, 0.5) is 0 Å². The molecule has 17 nitrogen and oxygen atoms in total. The van der Waals surface area contributed by atoms with Gasteiger partial charge in [0.25, 0.3) is 0 Å². The van der Waals surface area contributed by atoms with Crippen molar-refractivity contribution >= 4 is 17.8 Å². The van der Waals surface area contributed by atoms with E-state index in [9.17, 15) is 14.4 Å². The first-order valence-corrected chi connectivity index (χ1v) is 30.5. The van der Waals surface area contributed by atoms with E-state index in [4.69, 9.17) is 18.9 Å². The minimum atomic E-state index is -0.706. The van der Waals surface area contributed by atoms with E-state index in [1.54, 1.807) is 23.8 Å². The van der Waals surface area contributed by atoms with Gasteiger partial charge in [-0.15, -0.1) is 10.2 Å². The summed E-state index contributed by atoms with van der Waals surface area (Å²) >= 11 is 0. The Kier molecular flexibility index (Phi) is 23.0. The summed E-state index contributed by atoms with van der Waals surface area (Å²) in [6.07, 6.45) is 2.02. The van der Waals surface area contributed by atoms with Crippen LogP contribution in [-0.4, -0.2) is 89.5 Å². The van der Waals surface area contributed by atoms with E-state index in [1.165, 1.54) is 0 Å². The van der Waals surface area contributed by atoms with Gasteiger partial charge in [0, 0.05) is 30.6 Å². The van der Waals surface area contributed by atoms with Crippen LogP contribution >= 0.6 is 0 Å². The largest absolute Gasteiger partial charge is 0.497 e. The minimum Gasteiger partial charge on any atom is -0.497 e. The topological polar surface area (TPSA) is 191 Å². The Morgan fingerprint density at radius 2 is 0.900 bits per heavy atom. The van der Waals surface area contributed by atoms with Gasteiger partial charge in [-0.2, -0.15) is 0 Å². The summed E-state index contributed by atoms with van der Waals surface area (Å²) in [5.41, 5.74) is 11.9. The van der Waals surface area contributed by atoms with Gasteiger partial charge < -0.3 is 29.2 Å². The summed E-state index contributed by atoms with van der Waals surface area (Å²) in [6, 6.07) is 66.5. The molecule has 0 saturated carbocycles. The molecule has 2 atom stereocenters. The van der Waals surface area contributed by atoms with Crippen molar-refractivity contribution < 1.29 is 33.3 Å². The summed E-state index contributed by atoms with van der Waals surface area (Å²) in [4.78, 5) is 41.6. The number of ether oxygens (including phenoxy) is 4.